The largest absolute Gasteiger partial charge is 0.207 e. The lowest BCUT2D eigenvalue weighted by Crippen LogP contribution is -2.15. The molecular weight excluding hydrogens is 367 g/mol. The lowest BCUT2D eigenvalue weighted by molar-refractivity contribution is 0.282. The molecule has 2 saturated carbocycles. The highest BCUT2D eigenvalue weighted by Crippen LogP contribution is 2.35. The van der Waals surface area contributed by atoms with Crippen LogP contribution in [-0.2, 0) is 6.42 Å². The first-order valence-electron chi connectivity index (χ1n) is 13.2. The van der Waals surface area contributed by atoms with Gasteiger partial charge in [0.05, 0.1) is 0 Å². The first kappa shape index (κ1) is 23.6. The maximum Gasteiger partial charge on any atom is 0.123 e. The fourth-order valence-electron chi connectivity index (χ4n) is 5.71. The van der Waals surface area contributed by atoms with Gasteiger partial charge in [0.25, 0.3) is 0 Å². The summed E-state index contributed by atoms with van der Waals surface area (Å²) in [6.45, 7) is 2.30. The number of aryl methyl sites for hydroxylation is 1. The van der Waals surface area contributed by atoms with Crippen LogP contribution in [0, 0.1) is 29.5 Å². The Labute approximate surface area is 185 Å². The van der Waals surface area contributed by atoms with Crippen LogP contribution in [0.5, 0.6) is 0 Å². The molecule has 0 spiro atoms. The Bertz CT molecular complexity index is 585. The van der Waals surface area contributed by atoms with Crippen LogP contribution in [0.3, 0.4) is 0 Å². The topological polar surface area (TPSA) is 0 Å². The normalized spacial score (nSPS) is 27.5. The second kappa shape index (κ2) is 13.3. The van der Waals surface area contributed by atoms with Crippen LogP contribution in [0.1, 0.15) is 109 Å². The van der Waals surface area contributed by atoms with E-state index in [9.17, 15) is 4.39 Å². The minimum Gasteiger partial charge on any atom is -0.207 e. The van der Waals surface area contributed by atoms with Gasteiger partial charge in [-0.2, -0.15) is 0 Å². The van der Waals surface area contributed by atoms with Crippen LogP contribution >= 0.6 is 0 Å². The summed E-state index contributed by atoms with van der Waals surface area (Å²) in [5, 5.41) is 0. The van der Waals surface area contributed by atoms with Crippen LogP contribution in [0.2, 0.25) is 0 Å². The third-order valence-corrected chi connectivity index (χ3v) is 7.91. The Morgan fingerprint density at radius 3 is 1.80 bits per heavy atom. The molecule has 0 aliphatic heterocycles. The van der Waals surface area contributed by atoms with Crippen molar-refractivity contribution in [2.24, 2.45) is 23.7 Å². The molecule has 2 fully saturated rings. The Morgan fingerprint density at radius 2 is 1.23 bits per heavy atom. The average molecular weight is 413 g/mol. The fraction of sp³-hybridized carbons (Fsp3) is 0.724. The number of hydrogen-bond donors (Lipinski definition) is 0. The predicted octanol–water partition coefficient (Wildman–Crippen LogP) is 9.29. The predicted molar refractivity (Wildman–Crippen MR) is 128 cm³/mol. The molecule has 2 aliphatic carbocycles. The van der Waals surface area contributed by atoms with Crippen molar-refractivity contribution in [3.05, 3.63) is 47.8 Å². The molecule has 1 aromatic carbocycles. The van der Waals surface area contributed by atoms with Crippen molar-refractivity contribution in [2.45, 2.75) is 110 Å². The summed E-state index contributed by atoms with van der Waals surface area (Å²) in [6, 6.07) is 7.09. The smallest absolute Gasteiger partial charge is 0.123 e. The molecule has 0 amide bonds. The van der Waals surface area contributed by atoms with Gasteiger partial charge in [-0.05, 0) is 106 Å². The first-order valence-corrected chi connectivity index (χ1v) is 13.2. The van der Waals surface area contributed by atoms with Gasteiger partial charge in [0, 0.05) is 0 Å². The van der Waals surface area contributed by atoms with Crippen LogP contribution in [0.25, 0.3) is 0 Å². The maximum absolute atomic E-state index is 13.0. The van der Waals surface area contributed by atoms with E-state index in [-0.39, 0.29) is 5.82 Å². The highest BCUT2D eigenvalue weighted by molar-refractivity contribution is 5.16. The van der Waals surface area contributed by atoms with Crippen molar-refractivity contribution in [1.82, 2.24) is 0 Å². The summed E-state index contributed by atoms with van der Waals surface area (Å²) in [5.41, 5.74) is 1.29. The molecule has 0 N–H and O–H groups in total. The zero-order chi connectivity index (χ0) is 21.0. The van der Waals surface area contributed by atoms with E-state index in [1.807, 2.05) is 12.1 Å². The van der Waals surface area contributed by atoms with Crippen molar-refractivity contribution in [1.29, 1.82) is 0 Å². The molecule has 0 atom stereocenters. The third kappa shape index (κ3) is 8.56. The molecule has 0 radical (unpaired) electrons. The van der Waals surface area contributed by atoms with Gasteiger partial charge in [-0.1, -0.05) is 69.7 Å². The van der Waals surface area contributed by atoms with E-state index >= 15 is 0 Å². The summed E-state index contributed by atoms with van der Waals surface area (Å²) in [5.74, 6) is 3.45. The van der Waals surface area contributed by atoms with Crippen molar-refractivity contribution in [3.8, 4) is 0 Å². The van der Waals surface area contributed by atoms with E-state index in [2.05, 4.69) is 19.1 Å². The number of rotatable bonds is 11. The summed E-state index contributed by atoms with van der Waals surface area (Å²) in [6.07, 6.45) is 27.5. The number of benzene rings is 1. The number of unbranched alkanes of at least 4 members (excludes halogenated alkanes) is 4. The van der Waals surface area contributed by atoms with E-state index in [0.717, 1.165) is 30.1 Å². The molecule has 0 unspecified atom stereocenters. The summed E-state index contributed by atoms with van der Waals surface area (Å²) < 4.78 is 13.0. The number of halogens is 1. The molecule has 1 heteroatoms. The highest BCUT2D eigenvalue weighted by atomic mass is 19.1. The quantitative estimate of drug-likeness (QED) is 0.251. The highest BCUT2D eigenvalue weighted by Gasteiger charge is 2.22. The molecule has 0 aromatic heterocycles. The van der Waals surface area contributed by atoms with E-state index in [1.165, 1.54) is 102 Å². The third-order valence-electron chi connectivity index (χ3n) is 7.91. The lowest BCUT2D eigenvalue weighted by Gasteiger charge is -2.29. The zero-order valence-corrected chi connectivity index (χ0v) is 19.5. The average Bonchev–Trinajstić information content (AvgIpc) is 2.79. The van der Waals surface area contributed by atoms with Crippen molar-refractivity contribution in [2.75, 3.05) is 0 Å². The van der Waals surface area contributed by atoms with Crippen LogP contribution in [-0.4, -0.2) is 0 Å². The van der Waals surface area contributed by atoms with E-state index in [4.69, 9.17) is 0 Å². The second-order valence-corrected chi connectivity index (χ2v) is 10.3. The van der Waals surface area contributed by atoms with E-state index < -0.39 is 0 Å². The van der Waals surface area contributed by atoms with E-state index in [1.54, 1.807) is 12.1 Å². The standard InChI is InChI=1S/C29H45F/c1-2-3-4-5-6-7-24-8-10-25(11-9-24)12-13-26-14-16-27(17-15-26)18-19-28-20-22-29(30)23-21-28/h12-13,20-27H,2-11,14-19H2,1H3/t24-,25-,26-,27-. The van der Waals surface area contributed by atoms with Gasteiger partial charge < -0.3 is 0 Å². The van der Waals surface area contributed by atoms with E-state index in [0.29, 0.717) is 0 Å². The summed E-state index contributed by atoms with van der Waals surface area (Å²) in [7, 11) is 0. The maximum atomic E-state index is 13.0. The molecule has 1 aromatic rings. The first-order chi connectivity index (χ1) is 14.7. The van der Waals surface area contributed by atoms with Gasteiger partial charge in [0.2, 0.25) is 0 Å². The molecule has 3 rings (SSSR count). The number of allylic oxidation sites excluding steroid dienone is 2. The van der Waals surface area contributed by atoms with Crippen molar-refractivity contribution in [3.63, 3.8) is 0 Å². The van der Waals surface area contributed by atoms with Crippen LogP contribution in [0.15, 0.2) is 36.4 Å². The minimum atomic E-state index is -0.123. The van der Waals surface area contributed by atoms with Gasteiger partial charge in [-0.3, -0.25) is 0 Å². The van der Waals surface area contributed by atoms with Crippen molar-refractivity contribution >= 4 is 0 Å². The summed E-state index contributed by atoms with van der Waals surface area (Å²) in [4.78, 5) is 0. The molecule has 168 valence electrons. The van der Waals surface area contributed by atoms with Gasteiger partial charge in [-0.15, -0.1) is 0 Å². The minimum absolute atomic E-state index is 0.123. The van der Waals surface area contributed by atoms with Gasteiger partial charge in [0.15, 0.2) is 0 Å². The van der Waals surface area contributed by atoms with Crippen molar-refractivity contribution < 1.29 is 4.39 Å². The Kier molecular flexibility index (Phi) is 10.5. The number of hydrogen-bond acceptors (Lipinski definition) is 0. The molecule has 0 heterocycles. The van der Waals surface area contributed by atoms with Crippen LogP contribution in [0.4, 0.5) is 4.39 Å². The molecule has 0 nitrogen and oxygen atoms in total. The summed E-state index contributed by atoms with van der Waals surface area (Å²) >= 11 is 0. The van der Waals surface area contributed by atoms with Gasteiger partial charge in [-0.25, -0.2) is 4.39 Å². The Morgan fingerprint density at radius 1 is 0.700 bits per heavy atom. The van der Waals surface area contributed by atoms with Crippen LogP contribution < -0.4 is 0 Å². The molecular formula is C29H45F. The second-order valence-electron chi connectivity index (χ2n) is 10.3. The molecule has 0 saturated heterocycles. The molecule has 30 heavy (non-hydrogen) atoms. The zero-order valence-electron chi connectivity index (χ0n) is 19.5. The lowest BCUT2D eigenvalue weighted by atomic mass is 9.77. The Balaban J connectivity index is 1.26. The molecule has 0 bridgehead atoms. The molecule has 2 aliphatic rings. The van der Waals surface area contributed by atoms with Gasteiger partial charge in [0.1, 0.15) is 5.82 Å². The fourth-order valence-corrected chi connectivity index (χ4v) is 5.71. The van der Waals surface area contributed by atoms with Gasteiger partial charge >= 0.3 is 0 Å². The SMILES string of the molecule is CCCCCCC[C@H]1CC[C@H](C=C[C@H]2CC[C@H](CCc3ccc(F)cc3)CC2)CC1. The Hall–Kier alpha value is -1.11. The monoisotopic (exact) mass is 412 g/mol.